The van der Waals surface area contributed by atoms with Gasteiger partial charge in [0.15, 0.2) is 0 Å². The Bertz CT molecular complexity index is 342. The number of hydrogen-bond donors (Lipinski definition) is 1. The van der Waals surface area contributed by atoms with E-state index in [1.165, 1.54) is 11.4 Å². The first kappa shape index (κ1) is 12.0. The van der Waals surface area contributed by atoms with E-state index in [-0.39, 0.29) is 0 Å². The van der Waals surface area contributed by atoms with Gasteiger partial charge in [0, 0.05) is 31.0 Å². The van der Waals surface area contributed by atoms with Crippen LogP contribution in [0, 0.1) is 0 Å². The summed E-state index contributed by atoms with van der Waals surface area (Å²) in [6, 6.07) is 8.60. The van der Waals surface area contributed by atoms with Crippen LogP contribution in [0.25, 0.3) is 0 Å². The molecule has 1 aromatic carbocycles. The quantitative estimate of drug-likeness (QED) is 0.623. The molecule has 1 N–H and O–H groups in total. The van der Waals surface area contributed by atoms with Crippen molar-refractivity contribution in [3.05, 3.63) is 36.9 Å². The Hall–Kier alpha value is -1.48. The van der Waals surface area contributed by atoms with Gasteiger partial charge in [-0.2, -0.15) is 0 Å². The molecule has 1 saturated heterocycles. The van der Waals surface area contributed by atoms with Gasteiger partial charge in [-0.3, -0.25) is 0 Å². The molecule has 0 atom stereocenters. The summed E-state index contributed by atoms with van der Waals surface area (Å²) in [5.41, 5.74) is 2.45. The summed E-state index contributed by atoms with van der Waals surface area (Å²) in [4.78, 5) is 2.36. The van der Waals surface area contributed by atoms with Crippen molar-refractivity contribution in [3.8, 4) is 0 Å². The molecule has 1 aromatic rings. The Morgan fingerprint density at radius 1 is 1.24 bits per heavy atom. The van der Waals surface area contributed by atoms with Crippen LogP contribution in [0.5, 0.6) is 0 Å². The fraction of sp³-hybridized carbons (Fsp3) is 0.429. The van der Waals surface area contributed by atoms with Crippen molar-refractivity contribution in [1.29, 1.82) is 0 Å². The summed E-state index contributed by atoms with van der Waals surface area (Å²) in [5, 5.41) is 3.36. The molecule has 2 rings (SSSR count). The Morgan fingerprint density at radius 3 is 2.59 bits per heavy atom. The third kappa shape index (κ3) is 3.49. The van der Waals surface area contributed by atoms with Crippen LogP contribution in [0.1, 0.15) is 6.42 Å². The lowest BCUT2D eigenvalue weighted by molar-refractivity contribution is 0.122. The predicted molar refractivity (Wildman–Crippen MR) is 72.8 cm³/mol. The molecule has 0 amide bonds. The Morgan fingerprint density at radius 2 is 1.94 bits per heavy atom. The molecule has 0 unspecified atom stereocenters. The van der Waals surface area contributed by atoms with E-state index in [1.54, 1.807) is 0 Å². The van der Waals surface area contributed by atoms with E-state index < -0.39 is 0 Å². The summed E-state index contributed by atoms with van der Waals surface area (Å²) in [5.74, 6) is 0. The van der Waals surface area contributed by atoms with Crippen LogP contribution in [-0.4, -0.2) is 32.8 Å². The molecule has 92 valence electrons. The Kier molecular flexibility index (Phi) is 4.45. The van der Waals surface area contributed by atoms with Gasteiger partial charge in [-0.05, 0) is 30.7 Å². The monoisotopic (exact) mass is 232 g/mol. The lowest BCUT2D eigenvalue weighted by atomic mass is 10.2. The number of nitrogens with zero attached hydrogens (tertiary/aromatic N) is 1. The van der Waals surface area contributed by atoms with Gasteiger partial charge in [0.25, 0.3) is 0 Å². The van der Waals surface area contributed by atoms with E-state index in [9.17, 15) is 0 Å². The summed E-state index contributed by atoms with van der Waals surface area (Å²) >= 11 is 0. The predicted octanol–water partition coefficient (Wildman–Crippen LogP) is 2.51. The van der Waals surface area contributed by atoms with Gasteiger partial charge in [-0.1, -0.05) is 6.08 Å². The molecule has 0 spiro atoms. The first-order chi connectivity index (χ1) is 8.40. The van der Waals surface area contributed by atoms with Crippen LogP contribution < -0.4 is 10.2 Å². The van der Waals surface area contributed by atoms with Crippen LogP contribution in [0.15, 0.2) is 36.9 Å². The molecule has 1 aliphatic rings. The second kappa shape index (κ2) is 6.30. The SMILES string of the molecule is C=CCCNc1ccc(N2CCOCC2)cc1. The molecule has 3 heteroatoms. The van der Waals surface area contributed by atoms with Gasteiger partial charge < -0.3 is 15.0 Å². The van der Waals surface area contributed by atoms with E-state index in [1.807, 2.05) is 6.08 Å². The van der Waals surface area contributed by atoms with Crippen molar-refractivity contribution in [2.75, 3.05) is 43.1 Å². The maximum Gasteiger partial charge on any atom is 0.0642 e. The zero-order chi connectivity index (χ0) is 11.9. The average Bonchev–Trinajstić information content (AvgIpc) is 2.41. The standard InChI is InChI=1S/C14H20N2O/c1-2-3-8-15-13-4-6-14(7-5-13)16-9-11-17-12-10-16/h2,4-7,15H,1,3,8-12H2. The lowest BCUT2D eigenvalue weighted by Crippen LogP contribution is -2.36. The molecule has 0 saturated carbocycles. The molecule has 0 bridgehead atoms. The average molecular weight is 232 g/mol. The highest BCUT2D eigenvalue weighted by molar-refractivity contribution is 5.55. The van der Waals surface area contributed by atoms with E-state index in [4.69, 9.17) is 4.74 Å². The topological polar surface area (TPSA) is 24.5 Å². The third-order valence-electron chi connectivity index (χ3n) is 2.92. The number of benzene rings is 1. The summed E-state index contributed by atoms with van der Waals surface area (Å²) in [6.07, 6.45) is 2.92. The van der Waals surface area contributed by atoms with Crippen molar-refractivity contribution < 1.29 is 4.74 Å². The van der Waals surface area contributed by atoms with Crippen molar-refractivity contribution >= 4 is 11.4 Å². The second-order valence-electron chi connectivity index (χ2n) is 4.15. The maximum atomic E-state index is 5.35. The number of hydrogen-bond acceptors (Lipinski definition) is 3. The second-order valence-corrected chi connectivity index (χ2v) is 4.15. The molecule has 1 heterocycles. The minimum absolute atomic E-state index is 0.833. The van der Waals surface area contributed by atoms with Crippen LogP contribution in [-0.2, 0) is 4.74 Å². The van der Waals surface area contributed by atoms with Gasteiger partial charge in [0.1, 0.15) is 0 Å². The number of anilines is 2. The molecule has 1 fully saturated rings. The Balaban J connectivity index is 1.90. The zero-order valence-corrected chi connectivity index (χ0v) is 10.2. The highest BCUT2D eigenvalue weighted by atomic mass is 16.5. The maximum absolute atomic E-state index is 5.35. The van der Waals surface area contributed by atoms with Gasteiger partial charge in [-0.15, -0.1) is 6.58 Å². The number of morpholine rings is 1. The highest BCUT2D eigenvalue weighted by Crippen LogP contribution is 2.18. The fourth-order valence-corrected chi connectivity index (χ4v) is 1.93. The fourth-order valence-electron chi connectivity index (χ4n) is 1.93. The molecule has 3 nitrogen and oxygen atoms in total. The van der Waals surface area contributed by atoms with Crippen LogP contribution >= 0.6 is 0 Å². The van der Waals surface area contributed by atoms with Crippen molar-refractivity contribution in [2.45, 2.75) is 6.42 Å². The van der Waals surface area contributed by atoms with Crippen molar-refractivity contribution in [3.63, 3.8) is 0 Å². The Labute approximate surface area is 103 Å². The summed E-state index contributed by atoms with van der Waals surface area (Å²) in [7, 11) is 0. The first-order valence-electron chi connectivity index (χ1n) is 6.17. The third-order valence-corrected chi connectivity index (χ3v) is 2.92. The van der Waals surface area contributed by atoms with E-state index >= 15 is 0 Å². The van der Waals surface area contributed by atoms with Gasteiger partial charge in [0.05, 0.1) is 13.2 Å². The van der Waals surface area contributed by atoms with Crippen LogP contribution in [0.3, 0.4) is 0 Å². The summed E-state index contributed by atoms with van der Waals surface area (Å²) in [6.45, 7) is 8.30. The zero-order valence-electron chi connectivity index (χ0n) is 10.2. The molecule has 0 radical (unpaired) electrons. The van der Waals surface area contributed by atoms with Crippen LogP contribution in [0.2, 0.25) is 0 Å². The first-order valence-corrected chi connectivity index (χ1v) is 6.17. The summed E-state index contributed by atoms with van der Waals surface area (Å²) < 4.78 is 5.35. The van der Waals surface area contributed by atoms with Gasteiger partial charge in [0.2, 0.25) is 0 Å². The van der Waals surface area contributed by atoms with E-state index in [0.29, 0.717) is 0 Å². The minimum Gasteiger partial charge on any atom is -0.385 e. The number of ether oxygens (including phenoxy) is 1. The smallest absolute Gasteiger partial charge is 0.0642 e. The largest absolute Gasteiger partial charge is 0.385 e. The van der Waals surface area contributed by atoms with Crippen molar-refractivity contribution in [2.24, 2.45) is 0 Å². The number of rotatable bonds is 5. The van der Waals surface area contributed by atoms with Crippen molar-refractivity contribution in [1.82, 2.24) is 0 Å². The number of nitrogens with one attached hydrogen (secondary N) is 1. The highest BCUT2D eigenvalue weighted by Gasteiger charge is 2.10. The molecule has 17 heavy (non-hydrogen) atoms. The molecular weight excluding hydrogens is 212 g/mol. The molecule has 1 aliphatic heterocycles. The molecular formula is C14H20N2O. The lowest BCUT2D eigenvalue weighted by Gasteiger charge is -2.28. The minimum atomic E-state index is 0.833. The van der Waals surface area contributed by atoms with Crippen LogP contribution in [0.4, 0.5) is 11.4 Å². The van der Waals surface area contributed by atoms with Gasteiger partial charge in [-0.25, -0.2) is 0 Å². The normalized spacial score (nSPS) is 15.6. The van der Waals surface area contributed by atoms with E-state index in [2.05, 4.69) is 41.1 Å². The molecule has 0 aliphatic carbocycles. The molecule has 0 aromatic heterocycles. The van der Waals surface area contributed by atoms with Gasteiger partial charge >= 0.3 is 0 Å². The van der Waals surface area contributed by atoms with E-state index in [0.717, 1.165) is 39.3 Å².